The fourth-order valence-electron chi connectivity index (χ4n) is 14.7. The fraction of sp³-hybridized carbons (Fsp3) is 0.456. The number of amides is 15. The molecule has 1 aliphatic heterocycles. The van der Waals surface area contributed by atoms with Gasteiger partial charge in [-0.05, 0) is 83.5 Å². The Morgan fingerprint density at radius 3 is 1.55 bits per heavy atom. The number of aromatic amines is 1. The van der Waals surface area contributed by atoms with Crippen LogP contribution in [0.4, 0.5) is 0 Å². The van der Waals surface area contributed by atoms with Crippen LogP contribution in [0.25, 0.3) is 10.9 Å². The van der Waals surface area contributed by atoms with Gasteiger partial charge in [-0.1, -0.05) is 169 Å². The highest BCUT2D eigenvalue weighted by Crippen LogP contribution is 2.24. The van der Waals surface area contributed by atoms with Gasteiger partial charge in [0.25, 0.3) is 0 Å². The Hall–Kier alpha value is -13.4. The van der Waals surface area contributed by atoms with Crippen LogP contribution in [0.2, 0.25) is 0 Å². The summed E-state index contributed by atoms with van der Waals surface area (Å²) in [7, 11) is 6.53. The number of carbonyl (C=O) groups is 16. The number of likely N-dealkylation sites (N-methyl/N-ethyl adjacent to an activating group) is 5. The number of thioether (sulfide) groups is 1. The predicted octanol–water partition coefficient (Wildman–Crippen LogP) is 0.642. The third-order valence-electron chi connectivity index (χ3n) is 21.7. The molecule has 0 radical (unpaired) electrons. The molecule has 1 unspecified atom stereocenters. The number of aromatic hydroxyl groups is 1. The van der Waals surface area contributed by atoms with Crippen LogP contribution in [-0.2, 0) is 109 Å². The van der Waals surface area contributed by atoms with Gasteiger partial charge in [-0.25, -0.2) is 0 Å². The number of aromatic nitrogens is 1. The molecule has 0 saturated carbocycles. The summed E-state index contributed by atoms with van der Waals surface area (Å²) in [6.07, 6.45) is 0.276. The maximum Gasteiger partial charge on any atom is 0.305 e. The Morgan fingerprint density at radius 2 is 0.984 bits per heavy atom. The van der Waals surface area contributed by atoms with Crippen LogP contribution in [0.3, 0.4) is 0 Å². The van der Waals surface area contributed by atoms with Gasteiger partial charge in [0.2, 0.25) is 88.6 Å². The smallest absolute Gasteiger partial charge is 0.305 e. The summed E-state index contributed by atoms with van der Waals surface area (Å²) in [5, 5.41) is 55.6. The van der Waals surface area contributed by atoms with E-state index in [9.17, 15) is 53.4 Å². The molecule has 38 heteroatoms. The predicted molar refractivity (Wildman–Crippen MR) is 479 cm³/mol. The van der Waals surface area contributed by atoms with E-state index in [-0.39, 0.29) is 81.8 Å². The highest BCUT2D eigenvalue weighted by molar-refractivity contribution is 8.00. The number of nitrogens with two attached hydrogens (primary N) is 2. The molecule has 1 aliphatic rings. The maximum absolute atomic E-state index is 15.5. The number of para-hydroxylation sites is 1. The van der Waals surface area contributed by atoms with E-state index in [1.807, 2.05) is 6.92 Å². The number of aliphatic carboxylic acids is 1. The molecule has 0 spiro atoms. The van der Waals surface area contributed by atoms with E-state index < -0.39 is 205 Å². The number of primary amides is 1. The first kappa shape index (κ1) is 102. The van der Waals surface area contributed by atoms with Crippen molar-refractivity contribution in [2.45, 2.75) is 178 Å². The number of guanidine groups is 1. The molecule has 690 valence electrons. The molecular weight excluding hydrogens is 1670 g/mol. The van der Waals surface area contributed by atoms with E-state index in [1.54, 1.807) is 149 Å². The van der Waals surface area contributed by atoms with Gasteiger partial charge in [0, 0.05) is 96.7 Å². The molecule has 11 atom stereocenters. The lowest BCUT2D eigenvalue weighted by Gasteiger charge is -2.37. The van der Waals surface area contributed by atoms with Crippen molar-refractivity contribution in [3.63, 3.8) is 0 Å². The third kappa shape index (κ3) is 31.6. The quantitative estimate of drug-likeness (QED) is 0.0212. The summed E-state index contributed by atoms with van der Waals surface area (Å²) in [4.78, 5) is 243. The van der Waals surface area contributed by atoms with E-state index in [2.05, 4.69) is 58.2 Å². The van der Waals surface area contributed by atoms with Crippen molar-refractivity contribution in [2.24, 2.45) is 23.3 Å². The molecule has 128 heavy (non-hydrogen) atoms. The molecule has 1 saturated heterocycles. The van der Waals surface area contributed by atoms with Crippen molar-refractivity contribution >= 4 is 123 Å². The Balaban J connectivity index is 1.33. The average molecular weight is 1790 g/mol. The number of phenols is 1. The van der Waals surface area contributed by atoms with Crippen molar-refractivity contribution in [1.82, 2.24) is 82.7 Å². The number of carboxylic acids is 1. The zero-order chi connectivity index (χ0) is 94.0. The average Bonchev–Trinajstić information content (AvgIpc) is 1.80. The monoisotopic (exact) mass is 1790 g/mol. The number of benzene rings is 5. The highest BCUT2D eigenvalue weighted by atomic mass is 32.2. The van der Waals surface area contributed by atoms with Crippen molar-refractivity contribution in [2.75, 3.05) is 72.9 Å². The number of nitrogens with zero attached hydrogens (tertiary/aromatic N) is 5. The van der Waals surface area contributed by atoms with Crippen LogP contribution in [0.15, 0.2) is 146 Å². The number of carboxylic acid groups (broad SMARTS) is 1. The van der Waals surface area contributed by atoms with Gasteiger partial charge in [0.15, 0.2) is 5.96 Å². The first-order valence-electron chi connectivity index (χ1n) is 42.4. The zero-order valence-corrected chi connectivity index (χ0v) is 74.6. The summed E-state index contributed by atoms with van der Waals surface area (Å²) in [5.41, 5.74) is 14.3. The number of carbonyl (C=O) groups excluding carboxylic acids is 15. The SMILES string of the molecule is CCCC[C@H]1C(=O)N(C)CC(=O)N[C@@H](CC(=O)O)C(=O)N[C@@H](C(C)C)C(=O)N(C)[C@@H](Cc2ccccc2)C(=O)NC(CCCNC(=N)N)C(=O)N(C)CC(=O)N[C@@H](Cc2c[nH]c3ccccc23)C(=O)N[C@@H](Cc2ccc(O)cc2)C(=O)N[C@@H](CC(C)C)C(=O)N[C@H](C(=O)NCC(N)=O)CSCC(=O)N[C@@H](Cc2ccccc2)C(=O)N(C)[C@@H](Cc2ccccc2)C(=O)N1C. The number of rotatable bonds is 25. The third-order valence-corrected chi connectivity index (χ3v) is 22.7. The molecule has 2 heterocycles. The molecule has 1 fully saturated rings. The van der Waals surface area contributed by atoms with Crippen molar-refractivity contribution in [3.8, 4) is 5.75 Å². The molecule has 6 aromatic rings. The van der Waals surface area contributed by atoms with E-state index in [0.29, 0.717) is 51.6 Å². The maximum atomic E-state index is 15.5. The molecule has 15 amide bonds. The fourth-order valence-corrected chi connectivity index (χ4v) is 15.5. The minimum Gasteiger partial charge on any atom is -0.508 e. The van der Waals surface area contributed by atoms with Crippen molar-refractivity contribution in [1.29, 1.82) is 5.41 Å². The van der Waals surface area contributed by atoms with Crippen molar-refractivity contribution < 1.29 is 86.9 Å². The molecular formula is C90H121N19O18S. The number of unbranched alkanes of at least 4 members (excludes halogenated alkanes) is 1. The normalized spacial score (nSPS) is 22.0. The Morgan fingerprint density at radius 1 is 0.492 bits per heavy atom. The molecule has 0 bridgehead atoms. The highest BCUT2D eigenvalue weighted by Gasteiger charge is 2.42. The van der Waals surface area contributed by atoms with Crippen LogP contribution in [0.1, 0.15) is 107 Å². The molecule has 18 N–H and O–H groups in total. The second kappa shape index (κ2) is 50.1. The first-order valence-corrected chi connectivity index (χ1v) is 43.6. The lowest BCUT2D eigenvalue weighted by Crippen LogP contribution is -2.61. The Labute approximate surface area is 748 Å². The molecule has 0 aliphatic carbocycles. The van der Waals surface area contributed by atoms with Crippen LogP contribution < -0.4 is 64.6 Å². The van der Waals surface area contributed by atoms with E-state index >= 15 is 33.6 Å². The number of hydrogen-bond acceptors (Lipinski definition) is 19. The number of nitrogens with one attached hydrogen (secondary N) is 12. The van der Waals surface area contributed by atoms with Crippen LogP contribution in [0, 0.1) is 17.2 Å². The second-order valence-electron chi connectivity index (χ2n) is 32.7. The van der Waals surface area contributed by atoms with Gasteiger partial charge in [-0.15, -0.1) is 11.8 Å². The largest absolute Gasteiger partial charge is 0.508 e. The summed E-state index contributed by atoms with van der Waals surface area (Å²) in [5.74, 6) is -17.7. The molecule has 1 aromatic heterocycles. The van der Waals surface area contributed by atoms with E-state index in [4.69, 9.17) is 16.9 Å². The summed E-state index contributed by atoms with van der Waals surface area (Å²) in [6, 6.07) is 21.6. The number of hydrogen-bond donors (Lipinski definition) is 16. The van der Waals surface area contributed by atoms with Gasteiger partial charge in [-0.3, -0.25) is 82.1 Å². The zero-order valence-electron chi connectivity index (χ0n) is 73.8. The van der Waals surface area contributed by atoms with Crippen LogP contribution in [0.5, 0.6) is 5.75 Å². The number of H-pyrrole nitrogens is 1. The lowest BCUT2D eigenvalue weighted by molar-refractivity contribution is -0.151. The summed E-state index contributed by atoms with van der Waals surface area (Å²) < 4.78 is 0. The van der Waals surface area contributed by atoms with Gasteiger partial charge in [0.05, 0.1) is 31.8 Å². The van der Waals surface area contributed by atoms with Crippen molar-refractivity contribution in [3.05, 3.63) is 174 Å². The Bertz CT molecular complexity index is 4850. The topological polar surface area (TPSA) is 542 Å². The molecule has 7 rings (SSSR count). The van der Waals surface area contributed by atoms with Crippen LogP contribution in [-0.4, -0.2) is 280 Å². The first-order chi connectivity index (χ1) is 60.8. The minimum absolute atomic E-state index is 0.0108. The lowest BCUT2D eigenvalue weighted by atomic mass is 9.98. The molecule has 5 aromatic carbocycles. The van der Waals surface area contributed by atoms with Crippen LogP contribution >= 0.6 is 11.8 Å². The standard InChI is InChI=1S/C90H121N19O18S/c1-11-12-34-70-87(125)106(7)50-75(113)98-67(46-77(115)116)83(121)104-78(54(4)5)89(127)108(9)71(43-56-27-18-14-19-28-56)84(122)100-63(33-24-39-94-90(92)93)85(123)105(6)49-74(112)97-66(45-59-47-95-62-32-23-22-31-61(59)62)82(120)102-65(41-58-35-37-60(110)38-36-58)81(119)101-64(40-53(2)3)80(118)103-69(79(117)96-48-73(91)111)51-128-52-76(114)99-68(42-55-25-16-13-17-26-55)86(124)109(10)72(88(126)107(70)8)44-57-29-20-15-21-30-57/h13-23,25-32,35-38,47,53-54,63-72,78,95,110H,11-12,24,33-34,39-46,48-52H2,1-10H3,(H2,91,111)(H,96,117)(H,97,112)(H,98,113)(H,99,114)(H,100,122)(H,101,119)(H,102,120)(H,103,118)(H,104,121)(H,115,116)(H4,92,93,94)/t63?,64-,65-,66-,67-,68-,69-,70-,71-,72-,78-/m0/s1. The minimum atomic E-state index is -1.90. The van der Waals surface area contributed by atoms with Gasteiger partial charge in [0.1, 0.15) is 72.2 Å². The van der Waals surface area contributed by atoms with Gasteiger partial charge >= 0.3 is 5.97 Å². The van der Waals surface area contributed by atoms with E-state index in [1.165, 1.54) is 69.3 Å². The Kier molecular flexibility index (Phi) is 39.8. The van der Waals surface area contributed by atoms with Gasteiger partial charge in [-0.2, -0.15) is 0 Å². The van der Waals surface area contributed by atoms with E-state index in [0.717, 1.165) is 26.5 Å². The summed E-state index contributed by atoms with van der Waals surface area (Å²) in [6.45, 7) is 6.19. The van der Waals surface area contributed by atoms with Gasteiger partial charge < -0.3 is 104 Å². The molecule has 37 nitrogen and oxygen atoms in total. The number of fused-ring (bicyclic) bond motifs is 1. The second-order valence-corrected chi connectivity index (χ2v) is 33.7. The summed E-state index contributed by atoms with van der Waals surface area (Å²) >= 11 is 0.828. The number of phenolic OH excluding ortho intramolecular Hbond substituents is 1.